The molecule has 18 heavy (non-hydrogen) atoms. The average molecular weight is 245 g/mol. The van der Waals surface area contributed by atoms with Crippen molar-refractivity contribution in [3.63, 3.8) is 0 Å². The first-order valence-corrected chi connectivity index (χ1v) is 6.53. The molecule has 1 aliphatic rings. The molecule has 0 radical (unpaired) electrons. The van der Waals surface area contributed by atoms with Crippen LogP contribution in [0.25, 0.3) is 0 Å². The second-order valence-corrected chi connectivity index (χ2v) is 4.79. The third-order valence-electron chi connectivity index (χ3n) is 3.64. The minimum absolute atomic E-state index is 0.189. The van der Waals surface area contributed by atoms with Gasteiger partial charge in [-0.15, -0.1) is 5.10 Å². The molecule has 1 aliphatic carbocycles. The van der Waals surface area contributed by atoms with Crippen LogP contribution in [-0.4, -0.2) is 22.8 Å². The lowest BCUT2D eigenvalue weighted by molar-refractivity contribution is 0.320. The van der Waals surface area contributed by atoms with Crippen LogP contribution in [0.3, 0.4) is 0 Å². The lowest BCUT2D eigenvalue weighted by Crippen LogP contribution is -2.37. The number of hydrogen-bond donors (Lipinski definition) is 2. The Morgan fingerprint density at radius 2 is 2.22 bits per heavy atom. The highest BCUT2D eigenvalue weighted by Gasteiger charge is 2.23. The molecule has 1 unspecified atom stereocenters. The summed E-state index contributed by atoms with van der Waals surface area (Å²) in [5.74, 6) is 1.14. The molecular weight excluding hydrogens is 226 g/mol. The standard InChI is InChI=1S/C13H19N5/c14-8-11-6-7-16-18-13(11)17-12(9-15)10-4-2-1-3-5-10/h6-7,10,12H,1-5,9,15H2,(H,17,18). The molecule has 1 saturated carbocycles. The van der Waals surface area contributed by atoms with E-state index in [0.29, 0.717) is 23.8 Å². The smallest absolute Gasteiger partial charge is 0.166 e. The third kappa shape index (κ3) is 2.96. The zero-order valence-electron chi connectivity index (χ0n) is 10.5. The Bertz CT molecular complexity index is 420. The van der Waals surface area contributed by atoms with Crippen molar-refractivity contribution in [1.29, 1.82) is 5.26 Å². The van der Waals surface area contributed by atoms with E-state index in [0.717, 1.165) is 0 Å². The van der Waals surface area contributed by atoms with Crippen molar-refractivity contribution < 1.29 is 0 Å². The molecule has 3 N–H and O–H groups in total. The van der Waals surface area contributed by atoms with Gasteiger partial charge in [-0.1, -0.05) is 19.3 Å². The van der Waals surface area contributed by atoms with Crippen molar-refractivity contribution >= 4 is 5.82 Å². The molecule has 1 fully saturated rings. The molecule has 1 heterocycles. The predicted molar refractivity (Wildman–Crippen MR) is 69.8 cm³/mol. The summed E-state index contributed by atoms with van der Waals surface area (Å²) in [4.78, 5) is 0. The second-order valence-electron chi connectivity index (χ2n) is 4.79. The maximum atomic E-state index is 9.03. The van der Waals surface area contributed by atoms with E-state index in [1.165, 1.54) is 38.3 Å². The van der Waals surface area contributed by atoms with E-state index in [2.05, 4.69) is 21.6 Å². The van der Waals surface area contributed by atoms with Gasteiger partial charge >= 0.3 is 0 Å². The molecule has 5 nitrogen and oxygen atoms in total. The Morgan fingerprint density at radius 3 is 2.89 bits per heavy atom. The Kier molecular flexibility index (Phi) is 4.48. The molecule has 2 rings (SSSR count). The number of nitrogens with zero attached hydrogens (tertiary/aromatic N) is 3. The van der Waals surface area contributed by atoms with Crippen molar-refractivity contribution in [1.82, 2.24) is 10.2 Å². The SMILES string of the molecule is N#Cc1ccnnc1NC(CN)C1CCCCC1. The van der Waals surface area contributed by atoms with Gasteiger partial charge in [-0.25, -0.2) is 0 Å². The van der Waals surface area contributed by atoms with Gasteiger partial charge in [0.05, 0.1) is 11.8 Å². The zero-order valence-corrected chi connectivity index (χ0v) is 10.5. The highest BCUT2D eigenvalue weighted by atomic mass is 15.2. The molecule has 1 atom stereocenters. The summed E-state index contributed by atoms with van der Waals surface area (Å²) in [5.41, 5.74) is 6.38. The molecular formula is C13H19N5. The fourth-order valence-electron chi connectivity index (χ4n) is 2.61. The van der Waals surface area contributed by atoms with Crippen LogP contribution >= 0.6 is 0 Å². The van der Waals surface area contributed by atoms with Crippen LogP contribution in [0.2, 0.25) is 0 Å². The van der Waals surface area contributed by atoms with Crippen LogP contribution in [0.4, 0.5) is 5.82 Å². The Hall–Kier alpha value is -1.67. The van der Waals surface area contributed by atoms with Crippen LogP contribution in [0.1, 0.15) is 37.7 Å². The van der Waals surface area contributed by atoms with Gasteiger partial charge in [-0.3, -0.25) is 0 Å². The lowest BCUT2D eigenvalue weighted by atomic mass is 9.84. The summed E-state index contributed by atoms with van der Waals surface area (Å²) in [5, 5.41) is 20.1. The summed E-state index contributed by atoms with van der Waals surface area (Å²) < 4.78 is 0. The number of nitrogens with one attached hydrogen (secondary N) is 1. The first-order valence-electron chi connectivity index (χ1n) is 6.53. The fraction of sp³-hybridized carbons (Fsp3) is 0.615. The maximum Gasteiger partial charge on any atom is 0.166 e. The van der Waals surface area contributed by atoms with Gasteiger partial charge in [0.15, 0.2) is 5.82 Å². The van der Waals surface area contributed by atoms with Crippen molar-refractivity contribution in [3.05, 3.63) is 17.8 Å². The lowest BCUT2D eigenvalue weighted by Gasteiger charge is -2.30. The number of anilines is 1. The van der Waals surface area contributed by atoms with Gasteiger partial charge in [-0.2, -0.15) is 10.4 Å². The van der Waals surface area contributed by atoms with E-state index in [4.69, 9.17) is 11.0 Å². The van der Waals surface area contributed by atoms with Gasteiger partial charge in [0.2, 0.25) is 0 Å². The van der Waals surface area contributed by atoms with Crippen LogP contribution < -0.4 is 11.1 Å². The highest BCUT2D eigenvalue weighted by Crippen LogP contribution is 2.27. The molecule has 0 spiro atoms. The predicted octanol–water partition coefficient (Wildman–Crippen LogP) is 1.67. The zero-order chi connectivity index (χ0) is 12.8. The number of aromatic nitrogens is 2. The van der Waals surface area contributed by atoms with Gasteiger partial charge < -0.3 is 11.1 Å². The van der Waals surface area contributed by atoms with E-state index in [-0.39, 0.29) is 6.04 Å². The molecule has 1 aromatic rings. The molecule has 0 amide bonds. The number of rotatable bonds is 4. The normalized spacial score (nSPS) is 18.0. The highest BCUT2D eigenvalue weighted by molar-refractivity contribution is 5.50. The van der Waals surface area contributed by atoms with Crippen LogP contribution in [0, 0.1) is 17.2 Å². The van der Waals surface area contributed by atoms with Crippen LogP contribution in [0.5, 0.6) is 0 Å². The molecule has 0 bridgehead atoms. The third-order valence-corrected chi connectivity index (χ3v) is 3.64. The topological polar surface area (TPSA) is 87.6 Å². The van der Waals surface area contributed by atoms with E-state index in [1.807, 2.05) is 0 Å². The van der Waals surface area contributed by atoms with Gasteiger partial charge in [-0.05, 0) is 24.8 Å². The fourth-order valence-corrected chi connectivity index (χ4v) is 2.61. The number of nitriles is 1. The quantitative estimate of drug-likeness (QED) is 0.842. The van der Waals surface area contributed by atoms with Crippen molar-refractivity contribution in [3.8, 4) is 6.07 Å². The molecule has 5 heteroatoms. The van der Waals surface area contributed by atoms with Gasteiger partial charge in [0.1, 0.15) is 6.07 Å². The first-order chi connectivity index (χ1) is 8.85. The van der Waals surface area contributed by atoms with Gasteiger partial charge in [0.25, 0.3) is 0 Å². The Morgan fingerprint density at radius 1 is 1.44 bits per heavy atom. The summed E-state index contributed by atoms with van der Waals surface area (Å²) >= 11 is 0. The number of hydrogen-bond acceptors (Lipinski definition) is 5. The maximum absolute atomic E-state index is 9.03. The van der Waals surface area contributed by atoms with Crippen molar-refractivity contribution in [2.75, 3.05) is 11.9 Å². The van der Waals surface area contributed by atoms with Crippen LogP contribution in [-0.2, 0) is 0 Å². The van der Waals surface area contributed by atoms with E-state index in [9.17, 15) is 0 Å². The average Bonchev–Trinajstić information content (AvgIpc) is 2.46. The molecule has 0 saturated heterocycles. The summed E-state index contributed by atoms with van der Waals surface area (Å²) in [6.45, 7) is 0.562. The second kappa shape index (κ2) is 6.31. The monoisotopic (exact) mass is 245 g/mol. The summed E-state index contributed by atoms with van der Waals surface area (Å²) in [6, 6.07) is 3.98. The van der Waals surface area contributed by atoms with E-state index in [1.54, 1.807) is 6.07 Å². The molecule has 1 aromatic heterocycles. The summed E-state index contributed by atoms with van der Waals surface area (Å²) in [7, 11) is 0. The van der Waals surface area contributed by atoms with Crippen molar-refractivity contribution in [2.45, 2.75) is 38.1 Å². The van der Waals surface area contributed by atoms with Crippen LogP contribution in [0.15, 0.2) is 12.3 Å². The largest absolute Gasteiger partial charge is 0.363 e. The van der Waals surface area contributed by atoms with Crippen molar-refractivity contribution in [2.24, 2.45) is 11.7 Å². The molecule has 0 aliphatic heterocycles. The van der Waals surface area contributed by atoms with Gasteiger partial charge in [0, 0.05) is 12.6 Å². The summed E-state index contributed by atoms with van der Waals surface area (Å²) in [6.07, 6.45) is 7.81. The molecule has 96 valence electrons. The minimum atomic E-state index is 0.189. The first kappa shape index (κ1) is 12.8. The van der Waals surface area contributed by atoms with E-state index < -0.39 is 0 Å². The molecule has 0 aromatic carbocycles. The Labute approximate surface area is 107 Å². The number of nitrogens with two attached hydrogens (primary N) is 1. The minimum Gasteiger partial charge on any atom is -0.363 e. The Balaban J connectivity index is 2.07. The van der Waals surface area contributed by atoms with E-state index >= 15 is 0 Å².